The van der Waals surface area contributed by atoms with Crippen molar-refractivity contribution in [3.63, 3.8) is 0 Å². The number of nitrogens with one attached hydrogen (secondary N) is 2. The highest BCUT2D eigenvalue weighted by Gasteiger charge is 2.11. The van der Waals surface area contributed by atoms with E-state index in [2.05, 4.69) is 38.5 Å². The lowest BCUT2D eigenvalue weighted by molar-refractivity contribution is 0.441. The summed E-state index contributed by atoms with van der Waals surface area (Å²) in [5.41, 5.74) is 2.54. The van der Waals surface area contributed by atoms with Crippen molar-refractivity contribution in [1.29, 1.82) is 0 Å². The normalized spacial score (nSPS) is 12.6. The summed E-state index contributed by atoms with van der Waals surface area (Å²) in [4.78, 5) is 0. The number of aromatic nitrogens is 2. The summed E-state index contributed by atoms with van der Waals surface area (Å²) in [7, 11) is 1.86. The maximum absolute atomic E-state index is 5.48. The van der Waals surface area contributed by atoms with E-state index in [4.69, 9.17) is 4.42 Å². The first-order valence-electron chi connectivity index (χ1n) is 5.47. The van der Waals surface area contributed by atoms with Gasteiger partial charge in [-0.05, 0) is 42.8 Å². The number of nitrogens with zero attached hydrogens (tertiary/aromatic N) is 2. The van der Waals surface area contributed by atoms with Crippen LogP contribution in [-0.4, -0.2) is 17.2 Å². The van der Waals surface area contributed by atoms with Crippen molar-refractivity contribution in [1.82, 2.24) is 15.5 Å². The summed E-state index contributed by atoms with van der Waals surface area (Å²) in [6.45, 7) is 4.78. The van der Waals surface area contributed by atoms with Crippen molar-refractivity contribution in [3.05, 3.63) is 27.8 Å². The molecule has 0 radical (unpaired) electrons. The predicted molar refractivity (Wildman–Crippen MR) is 68.2 cm³/mol. The van der Waals surface area contributed by atoms with Gasteiger partial charge in [-0.25, -0.2) is 0 Å². The van der Waals surface area contributed by atoms with Crippen molar-refractivity contribution in [2.24, 2.45) is 0 Å². The molecule has 0 aromatic carbocycles. The molecule has 0 amide bonds. The number of hydrogen-bond donors (Lipinski definition) is 2. The molecular formula is C11H16N4OS. The van der Waals surface area contributed by atoms with Crippen LogP contribution in [0.15, 0.2) is 15.2 Å². The Morgan fingerprint density at radius 2 is 2.24 bits per heavy atom. The van der Waals surface area contributed by atoms with Crippen LogP contribution in [0.3, 0.4) is 0 Å². The number of anilines is 1. The fraction of sp³-hybridized carbons (Fsp3) is 0.455. The van der Waals surface area contributed by atoms with Crippen LogP contribution in [0.25, 0.3) is 0 Å². The molecule has 2 aromatic rings. The van der Waals surface area contributed by atoms with E-state index in [0.717, 1.165) is 0 Å². The molecule has 17 heavy (non-hydrogen) atoms. The van der Waals surface area contributed by atoms with Crippen LogP contribution in [0, 0.1) is 6.92 Å². The average molecular weight is 252 g/mol. The molecule has 5 nitrogen and oxygen atoms in total. The average Bonchev–Trinajstić information content (AvgIpc) is 2.94. The summed E-state index contributed by atoms with van der Waals surface area (Å²) in [6, 6.07) is 0.536. The molecule has 0 saturated heterocycles. The van der Waals surface area contributed by atoms with Crippen molar-refractivity contribution < 1.29 is 4.42 Å². The first-order chi connectivity index (χ1) is 8.20. The fourth-order valence-electron chi connectivity index (χ4n) is 1.34. The molecule has 0 spiro atoms. The van der Waals surface area contributed by atoms with Gasteiger partial charge in [0.25, 0.3) is 0 Å². The third-order valence-corrected chi connectivity index (χ3v) is 3.55. The topological polar surface area (TPSA) is 63.0 Å². The van der Waals surface area contributed by atoms with Crippen molar-refractivity contribution in [2.45, 2.75) is 26.4 Å². The Hall–Kier alpha value is -1.40. The molecule has 1 atom stereocenters. The van der Waals surface area contributed by atoms with Gasteiger partial charge in [0.1, 0.15) is 0 Å². The number of aryl methyl sites for hydroxylation is 1. The Morgan fingerprint density at radius 3 is 2.88 bits per heavy atom. The molecule has 2 aromatic heterocycles. The molecule has 0 bridgehead atoms. The molecule has 6 heteroatoms. The van der Waals surface area contributed by atoms with Gasteiger partial charge in [0.2, 0.25) is 5.89 Å². The Morgan fingerprint density at radius 1 is 1.41 bits per heavy atom. The van der Waals surface area contributed by atoms with Gasteiger partial charge in [-0.1, -0.05) is 5.10 Å². The molecule has 2 heterocycles. The van der Waals surface area contributed by atoms with Gasteiger partial charge in [0.15, 0.2) is 0 Å². The smallest absolute Gasteiger partial charge is 0.315 e. The van der Waals surface area contributed by atoms with Gasteiger partial charge in [0.05, 0.1) is 6.04 Å². The maximum atomic E-state index is 5.48. The van der Waals surface area contributed by atoms with Crippen LogP contribution in [0.5, 0.6) is 0 Å². The fourth-order valence-corrected chi connectivity index (χ4v) is 2.20. The molecule has 2 rings (SSSR count). The van der Waals surface area contributed by atoms with E-state index >= 15 is 0 Å². The minimum absolute atomic E-state index is 0.0703. The van der Waals surface area contributed by atoms with Gasteiger partial charge >= 0.3 is 6.01 Å². The zero-order valence-corrected chi connectivity index (χ0v) is 11.0. The largest absolute Gasteiger partial charge is 0.406 e. The maximum Gasteiger partial charge on any atom is 0.315 e. The number of hydrogen-bond acceptors (Lipinski definition) is 6. The van der Waals surface area contributed by atoms with E-state index in [1.807, 2.05) is 14.0 Å². The van der Waals surface area contributed by atoms with Crippen LogP contribution >= 0.6 is 11.3 Å². The third kappa shape index (κ3) is 2.83. The van der Waals surface area contributed by atoms with Crippen LogP contribution in [0.4, 0.5) is 6.01 Å². The Labute approximate surface area is 104 Å². The van der Waals surface area contributed by atoms with E-state index in [-0.39, 0.29) is 6.04 Å². The lowest BCUT2D eigenvalue weighted by atomic mass is 10.2. The lowest BCUT2D eigenvalue weighted by Gasteiger charge is -2.03. The molecule has 0 saturated carbocycles. The molecule has 1 unspecified atom stereocenters. The Kier molecular flexibility index (Phi) is 3.75. The second-order valence-electron chi connectivity index (χ2n) is 3.89. The molecular weight excluding hydrogens is 236 g/mol. The van der Waals surface area contributed by atoms with Crippen LogP contribution in [0.2, 0.25) is 0 Å². The molecule has 0 aliphatic heterocycles. The second kappa shape index (κ2) is 5.29. The third-order valence-electron chi connectivity index (χ3n) is 2.64. The monoisotopic (exact) mass is 252 g/mol. The first kappa shape index (κ1) is 12.1. The van der Waals surface area contributed by atoms with Gasteiger partial charge in [-0.3, -0.25) is 0 Å². The number of rotatable bonds is 5. The van der Waals surface area contributed by atoms with Gasteiger partial charge < -0.3 is 15.1 Å². The summed E-state index contributed by atoms with van der Waals surface area (Å²) in [5.74, 6) is 0.594. The Balaban J connectivity index is 1.96. The van der Waals surface area contributed by atoms with Gasteiger partial charge in [-0.2, -0.15) is 11.3 Å². The SMILES string of the molecule is CNC(C)c1nnc(NCc2cscc2C)o1. The first-order valence-corrected chi connectivity index (χ1v) is 6.41. The van der Waals surface area contributed by atoms with Crippen molar-refractivity contribution in [2.75, 3.05) is 12.4 Å². The highest BCUT2D eigenvalue weighted by Crippen LogP contribution is 2.17. The van der Waals surface area contributed by atoms with E-state index in [0.29, 0.717) is 18.5 Å². The molecule has 0 fully saturated rings. The quantitative estimate of drug-likeness (QED) is 0.855. The molecule has 2 N–H and O–H groups in total. The summed E-state index contributed by atoms with van der Waals surface area (Å²) < 4.78 is 5.48. The lowest BCUT2D eigenvalue weighted by Crippen LogP contribution is -2.12. The molecule has 0 aliphatic rings. The van der Waals surface area contributed by atoms with Crippen molar-refractivity contribution >= 4 is 17.4 Å². The minimum atomic E-state index is 0.0703. The van der Waals surface area contributed by atoms with E-state index in [1.54, 1.807) is 11.3 Å². The second-order valence-corrected chi connectivity index (χ2v) is 4.63. The van der Waals surface area contributed by atoms with Gasteiger partial charge in [-0.15, -0.1) is 5.10 Å². The predicted octanol–water partition coefficient (Wildman–Crippen LogP) is 2.33. The standard InChI is InChI=1S/C11H16N4OS/c1-7-5-17-6-9(7)4-13-11-15-14-10(16-11)8(2)12-3/h5-6,8,12H,4H2,1-3H3,(H,13,15). The minimum Gasteiger partial charge on any atom is -0.406 e. The van der Waals surface area contributed by atoms with Gasteiger partial charge in [0, 0.05) is 6.54 Å². The zero-order chi connectivity index (χ0) is 12.3. The summed E-state index contributed by atoms with van der Waals surface area (Å²) in [6.07, 6.45) is 0. The van der Waals surface area contributed by atoms with Crippen LogP contribution in [-0.2, 0) is 6.54 Å². The summed E-state index contributed by atoms with van der Waals surface area (Å²) in [5, 5.41) is 18.3. The van der Waals surface area contributed by atoms with E-state index in [1.165, 1.54) is 11.1 Å². The van der Waals surface area contributed by atoms with Crippen LogP contribution in [0.1, 0.15) is 30.0 Å². The van der Waals surface area contributed by atoms with Crippen molar-refractivity contribution in [3.8, 4) is 0 Å². The molecule has 92 valence electrons. The highest BCUT2D eigenvalue weighted by atomic mass is 32.1. The van der Waals surface area contributed by atoms with Crippen LogP contribution < -0.4 is 10.6 Å². The summed E-state index contributed by atoms with van der Waals surface area (Å²) >= 11 is 1.70. The van der Waals surface area contributed by atoms with E-state index < -0.39 is 0 Å². The zero-order valence-electron chi connectivity index (χ0n) is 10.2. The van der Waals surface area contributed by atoms with E-state index in [9.17, 15) is 0 Å². The Bertz CT molecular complexity index is 479. The highest BCUT2D eigenvalue weighted by molar-refractivity contribution is 7.08. The number of thiophene rings is 1. The molecule has 0 aliphatic carbocycles.